The van der Waals surface area contributed by atoms with E-state index in [1.807, 2.05) is 0 Å². The highest BCUT2D eigenvalue weighted by Crippen LogP contribution is 2.06. The summed E-state index contributed by atoms with van der Waals surface area (Å²) in [5, 5.41) is 12.5. The zero-order valence-corrected chi connectivity index (χ0v) is 10.6. The van der Waals surface area contributed by atoms with Crippen LogP contribution in [0.25, 0.3) is 12.0 Å². The third-order valence-electron chi connectivity index (χ3n) is 1.83. The molecule has 0 unspecified atom stereocenters. The molecule has 86 valence electrons. The molecule has 0 aromatic carbocycles. The smallest absolute Gasteiger partial charge is 0.328 e. The number of aliphatic carboxylic acids is 1. The Balaban J connectivity index is 2.21. The van der Waals surface area contributed by atoms with Crippen LogP contribution >= 0.6 is 22.6 Å². The van der Waals surface area contributed by atoms with Gasteiger partial charge in [0.15, 0.2) is 0 Å². The predicted octanol–water partition coefficient (Wildman–Crippen LogP) is 1.36. The third kappa shape index (κ3) is 3.09. The molecule has 0 bridgehead atoms. The Labute approximate surface area is 110 Å². The summed E-state index contributed by atoms with van der Waals surface area (Å²) in [6.07, 6.45) is 9.03. The van der Waals surface area contributed by atoms with E-state index in [9.17, 15) is 4.79 Å². The molecule has 0 aliphatic carbocycles. The van der Waals surface area contributed by atoms with Gasteiger partial charge >= 0.3 is 5.97 Å². The summed E-state index contributed by atoms with van der Waals surface area (Å²) < 4.78 is 2.54. The van der Waals surface area contributed by atoms with Crippen molar-refractivity contribution in [1.29, 1.82) is 0 Å². The quantitative estimate of drug-likeness (QED) is 0.673. The molecule has 7 heteroatoms. The molecule has 2 heterocycles. The first-order valence-corrected chi connectivity index (χ1v) is 5.66. The Bertz CT molecular complexity index is 562. The second-order valence-corrected chi connectivity index (χ2v) is 4.34. The van der Waals surface area contributed by atoms with Gasteiger partial charge in [0.2, 0.25) is 5.95 Å². The summed E-state index contributed by atoms with van der Waals surface area (Å²) in [6, 6.07) is 0. The van der Waals surface area contributed by atoms with Crippen molar-refractivity contribution >= 4 is 34.6 Å². The first kappa shape index (κ1) is 11.7. The molecule has 0 spiro atoms. The lowest BCUT2D eigenvalue weighted by Gasteiger charge is -1.98. The molecule has 0 amide bonds. The van der Waals surface area contributed by atoms with E-state index in [2.05, 4.69) is 37.7 Å². The molecule has 2 rings (SSSR count). The molecule has 2 aromatic heterocycles. The van der Waals surface area contributed by atoms with Gasteiger partial charge in [-0.2, -0.15) is 5.10 Å². The van der Waals surface area contributed by atoms with Crippen LogP contribution in [0.15, 0.2) is 30.9 Å². The minimum Gasteiger partial charge on any atom is -0.478 e. The van der Waals surface area contributed by atoms with E-state index in [-0.39, 0.29) is 0 Å². The van der Waals surface area contributed by atoms with E-state index in [0.29, 0.717) is 11.5 Å². The van der Waals surface area contributed by atoms with E-state index in [1.165, 1.54) is 18.5 Å². The van der Waals surface area contributed by atoms with Gasteiger partial charge in [-0.15, -0.1) is 0 Å². The molecule has 0 saturated heterocycles. The zero-order valence-electron chi connectivity index (χ0n) is 8.49. The first-order chi connectivity index (χ1) is 8.15. The number of aromatic nitrogens is 4. The lowest BCUT2D eigenvalue weighted by Crippen LogP contribution is -2.01. The van der Waals surface area contributed by atoms with E-state index < -0.39 is 5.97 Å². The highest BCUT2D eigenvalue weighted by atomic mass is 127. The summed E-state index contributed by atoms with van der Waals surface area (Å²) in [4.78, 5) is 18.5. The topological polar surface area (TPSA) is 80.9 Å². The third-order valence-corrected chi connectivity index (χ3v) is 2.39. The van der Waals surface area contributed by atoms with E-state index in [4.69, 9.17) is 5.11 Å². The molecule has 2 aromatic rings. The van der Waals surface area contributed by atoms with Gasteiger partial charge < -0.3 is 5.11 Å². The van der Waals surface area contributed by atoms with E-state index >= 15 is 0 Å². The Morgan fingerprint density at radius 2 is 2.06 bits per heavy atom. The molecule has 0 radical (unpaired) electrons. The first-order valence-electron chi connectivity index (χ1n) is 4.59. The van der Waals surface area contributed by atoms with Gasteiger partial charge in [0.25, 0.3) is 0 Å². The Morgan fingerprint density at radius 1 is 1.35 bits per heavy atom. The standard InChI is InChI=1S/C10H7IN4O2/c11-8-5-14-15(6-8)10-12-3-7(4-13-10)1-2-9(16)17/h1-6H,(H,16,17)/b2-1+. The molecule has 0 saturated carbocycles. The number of rotatable bonds is 3. The largest absolute Gasteiger partial charge is 0.478 e. The van der Waals surface area contributed by atoms with Crippen molar-refractivity contribution in [2.45, 2.75) is 0 Å². The number of carboxylic acid groups (broad SMARTS) is 1. The van der Waals surface area contributed by atoms with Crippen molar-refractivity contribution in [3.8, 4) is 5.95 Å². The minimum atomic E-state index is -1.00. The second-order valence-electron chi connectivity index (χ2n) is 3.09. The summed E-state index contributed by atoms with van der Waals surface area (Å²) in [5.74, 6) is -0.559. The molecule has 0 aliphatic rings. The minimum absolute atomic E-state index is 0.445. The second kappa shape index (κ2) is 5.04. The van der Waals surface area contributed by atoms with Gasteiger partial charge in [-0.25, -0.2) is 19.4 Å². The highest BCUT2D eigenvalue weighted by Gasteiger charge is 2.01. The normalized spacial score (nSPS) is 10.9. The maximum Gasteiger partial charge on any atom is 0.328 e. The number of carbonyl (C=O) groups is 1. The van der Waals surface area contributed by atoms with Gasteiger partial charge in [-0.05, 0) is 28.7 Å². The molecule has 0 fully saturated rings. The Hall–Kier alpha value is -1.77. The number of hydrogen-bond acceptors (Lipinski definition) is 4. The number of halogens is 1. The van der Waals surface area contributed by atoms with Crippen molar-refractivity contribution in [2.75, 3.05) is 0 Å². The summed E-state index contributed by atoms with van der Waals surface area (Å²) >= 11 is 2.14. The van der Waals surface area contributed by atoms with Crippen molar-refractivity contribution in [3.05, 3.63) is 40.0 Å². The fourth-order valence-electron chi connectivity index (χ4n) is 1.11. The molecule has 0 atom stereocenters. The molecular formula is C10H7IN4O2. The van der Waals surface area contributed by atoms with Gasteiger partial charge in [-0.3, -0.25) is 0 Å². The van der Waals surface area contributed by atoms with Crippen LogP contribution in [0.3, 0.4) is 0 Å². The van der Waals surface area contributed by atoms with Crippen LogP contribution in [-0.2, 0) is 4.79 Å². The van der Waals surface area contributed by atoms with Crippen LogP contribution < -0.4 is 0 Å². The molecule has 0 aliphatic heterocycles. The SMILES string of the molecule is O=C(O)/C=C/c1cnc(-n2cc(I)cn2)nc1. The molecule has 6 nitrogen and oxygen atoms in total. The fourth-order valence-corrected chi connectivity index (χ4v) is 1.50. The van der Waals surface area contributed by atoms with Crippen molar-refractivity contribution < 1.29 is 9.90 Å². The molecule has 17 heavy (non-hydrogen) atoms. The summed E-state index contributed by atoms with van der Waals surface area (Å²) in [5.41, 5.74) is 0.623. The number of nitrogens with zero attached hydrogens (tertiary/aromatic N) is 4. The highest BCUT2D eigenvalue weighted by molar-refractivity contribution is 14.1. The van der Waals surface area contributed by atoms with Crippen molar-refractivity contribution in [1.82, 2.24) is 19.7 Å². The summed E-state index contributed by atoms with van der Waals surface area (Å²) in [6.45, 7) is 0. The number of hydrogen-bond donors (Lipinski definition) is 1. The van der Waals surface area contributed by atoms with Gasteiger partial charge in [0.05, 0.1) is 9.77 Å². The van der Waals surface area contributed by atoms with Crippen LogP contribution in [0, 0.1) is 3.57 Å². The lowest BCUT2D eigenvalue weighted by molar-refractivity contribution is -0.131. The monoisotopic (exact) mass is 342 g/mol. The zero-order chi connectivity index (χ0) is 12.3. The summed E-state index contributed by atoms with van der Waals surface area (Å²) in [7, 11) is 0. The Kier molecular flexibility index (Phi) is 3.47. The van der Waals surface area contributed by atoms with Crippen LogP contribution in [0.2, 0.25) is 0 Å². The number of carboxylic acids is 1. The van der Waals surface area contributed by atoms with Crippen molar-refractivity contribution in [3.63, 3.8) is 0 Å². The van der Waals surface area contributed by atoms with E-state index in [0.717, 1.165) is 9.65 Å². The van der Waals surface area contributed by atoms with Crippen LogP contribution in [0.5, 0.6) is 0 Å². The van der Waals surface area contributed by atoms with Gasteiger partial charge in [0, 0.05) is 30.2 Å². The van der Waals surface area contributed by atoms with Crippen LogP contribution in [0.1, 0.15) is 5.56 Å². The van der Waals surface area contributed by atoms with Gasteiger partial charge in [-0.1, -0.05) is 0 Å². The van der Waals surface area contributed by atoms with Crippen LogP contribution in [-0.4, -0.2) is 30.8 Å². The van der Waals surface area contributed by atoms with Crippen LogP contribution in [0.4, 0.5) is 0 Å². The van der Waals surface area contributed by atoms with E-state index in [1.54, 1.807) is 17.1 Å². The maximum atomic E-state index is 10.3. The Morgan fingerprint density at radius 3 is 2.59 bits per heavy atom. The average molecular weight is 342 g/mol. The predicted molar refractivity (Wildman–Crippen MR) is 68.5 cm³/mol. The lowest BCUT2D eigenvalue weighted by atomic mass is 10.3. The maximum absolute atomic E-state index is 10.3. The fraction of sp³-hybridized carbons (Fsp3) is 0. The van der Waals surface area contributed by atoms with Crippen molar-refractivity contribution in [2.24, 2.45) is 0 Å². The van der Waals surface area contributed by atoms with Gasteiger partial charge in [0.1, 0.15) is 0 Å². The molecule has 1 N–H and O–H groups in total. The average Bonchev–Trinajstić information content (AvgIpc) is 2.74. The molecular weight excluding hydrogens is 335 g/mol.